The molecule has 3 amide bonds. The van der Waals surface area contributed by atoms with Crippen LogP contribution in [0.15, 0.2) is 29.2 Å². The van der Waals surface area contributed by atoms with E-state index in [4.69, 9.17) is 0 Å². The number of nitrogens with zero attached hydrogens (tertiary/aromatic N) is 1. The van der Waals surface area contributed by atoms with Crippen LogP contribution in [0.5, 0.6) is 0 Å². The third kappa shape index (κ3) is 6.68. The Morgan fingerprint density at radius 3 is 2.09 bits per heavy atom. The number of urea groups is 1. The maximum absolute atomic E-state index is 12.8. The summed E-state index contributed by atoms with van der Waals surface area (Å²) in [5.74, 6) is -0.117. The molecule has 178 valence electrons. The quantitative estimate of drug-likeness (QED) is 0.576. The summed E-state index contributed by atoms with van der Waals surface area (Å²) < 4.78 is 27.4. The standard InChI is InChI=1S/C23H36N4O4S/c1-3-17(2)26-32(30,31)21-11-9-18(10-12-21)22(28)27-15-13-20(14-16-27)25-23(29)24-19-7-5-4-6-8-19/h9-12,17,19-20,26H,3-8,13-16H2,1-2H3,(H2,24,25,29). The lowest BCUT2D eigenvalue weighted by Crippen LogP contribution is -2.51. The smallest absolute Gasteiger partial charge is 0.315 e. The zero-order chi connectivity index (χ0) is 23.1. The molecule has 1 heterocycles. The van der Waals surface area contributed by atoms with Crippen molar-refractivity contribution in [1.29, 1.82) is 0 Å². The number of sulfonamides is 1. The molecule has 1 aliphatic heterocycles. The minimum absolute atomic E-state index is 0.0572. The number of carbonyl (C=O) groups excluding carboxylic acids is 2. The Morgan fingerprint density at radius 1 is 0.969 bits per heavy atom. The van der Waals surface area contributed by atoms with Crippen LogP contribution in [0.25, 0.3) is 0 Å². The van der Waals surface area contributed by atoms with Gasteiger partial charge in [0.15, 0.2) is 0 Å². The van der Waals surface area contributed by atoms with Crippen molar-refractivity contribution >= 4 is 22.0 Å². The van der Waals surface area contributed by atoms with E-state index in [9.17, 15) is 18.0 Å². The Balaban J connectivity index is 1.48. The molecule has 3 N–H and O–H groups in total. The first-order chi connectivity index (χ1) is 15.3. The zero-order valence-electron chi connectivity index (χ0n) is 19.1. The van der Waals surface area contributed by atoms with Gasteiger partial charge in [0.1, 0.15) is 0 Å². The van der Waals surface area contributed by atoms with E-state index in [-0.39, 0.29) is 35.0 Å². The lowest BCUT2D eigenvalue weighted by molar-refractivity contribution is 0.0708. The van der Waals surface area contributed by atoms with E-state index in [1.807, 2.05) is 13.8 Å². The van der Waals surface area contributed by atoms with Gasteiger partial charge in [-0.3, -0.25) is 4.79 Å². The second-order valence-corrected chi connectivity index (χ2v) is 10.7. The molecule has 1 unspecified atom stereocenters. The van der Waals surface area contributed by atoms with Crippen molar-refractivity contribution in [3.05, 3.63) is 29.8 Å². The molecular formula is C23H36N4O4S. The molecule has 9 heteroatoms. The van der Waals surface area contributed by atoms with E-state index in [1.165, 1.54) is 31.4 Å². The third-order valence-corrected chi connectivity index (χ3v) is 8.04. The summed E-state index contributed by atoms with van der Waals surface area (Å²) >= 11 is 0. The van der Waals surface area contributed by atoms with Crippen LogP contribution in [0.3, 0.4) is 0 Å². The number of nitrogens with one attached hydrogen (secondary N) is 3. The Morgan fingerprint density at radius 2 is 1.53 bits per heavy atom. The molecule has 1 saturated carbocycles. The largest absolute Gasteiger partial charge is 0.338 e. The molecule has 3 rings (SSSR count). The van der Waals surface area contributed by atoms with Crippen molar-refractivity contribution in [2.45, 2.75) is 88.2 Å². The first kappa shape index (κ1) is 24.5. The fraction of sp³-hybridized carbons (Fsp3) is 0.652. The highest BCUT2D eigenvalue weighted by Gasteiger charge is 2.26. The number of carbonyl (C=O) groups is 2. The van der Waals surface area contributed by atoms with Gasteiger partial charge < -0.3 is 15.5 Å². The summed E-state index contributed by atoms with van der Waals surface area (Å²) in [5, 5.41) is 6.12. The Hall–Kier alpha value is -2.13. The second kappa shape index (κ2) is 11.1. The first-order valence-electron chi connectivity index (χ1n) is 11.8. The average Bonchev–Trinajstić information content (AvgIpc) is 2.79. The summed E-state index contributed by atoms with van der Waals surface area (Å²) in [6, 6.07) is 6.15. The monoisotopic (exact) mass is 464 g/mol. The molecule has 2 fully saturated rings. The van der Waals surface area contributed by atoms with Crippen molar-refractivity contribution < 1.29 is 18.0 Å². The van der Waals surface area contributed by atoms with Crippen molar-refractivity contribution in [1.82, 2.24) is 20.3 Å². The SMILES string of the molecule is CCC(C)NS(=O)(=O)c1ccc(C(=O)N2CCC(NC(=O)NC3CCCCC3)CC2)cc1. The van der Waals surface area contributed by atoms with Crippen LogP contribution in [-0.4, -0.2) is 56.5 Å². The van der Waals surface area contributed by atoms with Gasteiger partial charge in [-0.1, -0.05) is 26.2 Å². The first-order valence-corrected chi connectivity index (χ1v) is 13.3. The van der Waals surface area contributed by atoms with Gasteiger partial charge in [0, 0.05) is 36.8 Å². The predicted molar refractivity (Wildman–Crippen MR) is 124 cm³/mol. The van der Waals surface area contributed by atoms with E-state index in [0.29, 0.717) is 37.9 Å². The number of rotatable bonds is 7. The van der Waals surface area contributed by atoms with Crippen LogP contribution in [0.1, 0.15) is 75.6 Å². The van der Waals surface area contributed by atoms with Gasteiger partial charge in [-0.15, -0.1) is 0 Å². The molecule has 0 radical (unpaired) electrons. The highest BCUT2D eigenvalue weighted by molar-refractivity contribution is 7.89. The van der Waals surface area contributed by atoms with Crippen molar-refractivity contribution in [3.8, 4) is 0 Å². The van der Waals surface area contributed by atoms with E-state index >= 15 is 0 Å². The molecule has 32 heavy (non-hydrogen) atoms. The fourth-order valence-electron chi connectivity index (χ4n) is 4.26. The number of amides is 3. The van der Waals surface area contributed by atoms with E-state index in [2.05, 4.69) is 15.4 Å². The second-order valence-electron chi connectivity index (χ2n) is 8.97. The minimum Gasteiger partial charge on any atom is -0.338 e. The molecular weight excluding hydrogens is 428 g/mol. The van der Waals surface area contributed by atoms with Crippen LogP contribution >= 0.6 is 0 Å². The van der Waals surface area contributed by atoms with Gasteiger partial charge in [-0.25, -0.2) is 17.9 Å². The zero-order valence-corrected chi connectivity index (χ0v) is 19.9. The van der Waals surface area contributed by atoms with E-state index in [1.54, 1.807) is 17.0 Å². The summed E-state index contributed by atoms with van der Waals surface area (Å²) in [6.45, 7) is 4.84. The van der Waals surface area contributed by atoms with Crippen LogP contribution in [0.4, 0.5) is 4.79 Å². The van der Waals surface area contributed by atoms with Crippen LogP contribution in [-0.2, 0) is 10.0 Å². The van der Waals surface area contributed by atoms with Gasteiger partial charge >= 0.3 is 6.03 Å². The van der Waals surface area contributed by atoms with Gasteiger partial charge in [-0.05, 0) is 63.3 Å². The lowest BCUT2D eigenvalue weighted by Gasteiger charge is -2.33. The Labute approximate surface area is 191 Å². The van der Waals surface area contributed by atoms with Crippen molar-refractivity contribution in [2.75, 3.05) is 13.1 Å². The highest BCUT2D eigenvalue weighted by atomic mass is 32.2. The molecule has 0 bridgehead atoms. The molecule has 0 spiro atoms. The van der Waals surface area contributed by atoms with Crippen LogP contribution < -0.4 is 15.4 Å². The van der Waals surface area contributed by atoms with Gasteiger partial charge in [0.2, 0.25) is 10.0 Å². The molecule has 1 aromatic carbocycles. The molecule has 1 atom stereocenters. The topological polar surface area (TPSA) is 108 Å². The number of hydrogen-bond acceptors (Lipinski definition) is 4. The maximum atomic E-state index is 12.8. The van der Waals surface area contributed by atoms with Gasteiger partial charge in [0.25, 0.3) is 5.91 Å². The third-order valence-electron chi connectivity index (χ3n) is 6.44. The number of piperidine rings is 1. The highest BCUT2D eigenvalue weighted by Crippen LogP contribution is 2.19. The van der Waals surface area contributed by atoms with Crippen LogP contribution in [0.2, 0.25) is 0 Å². The molecule has 2 aliphatic rings. The van der Waals surface area contributed by atoms with Crippen molar-refractivity contribution in [2.24, 2.45) is 0 Å². The molecule has 1 aromatic rings. The summed E-state index contributed by atoms with van der Waals surface area (Å²) in [7, 11) is -3.59. The maximum Gasteiger partial charge on any atom is 0.315 e. The van der Waals surface area contributed by atoms with E-state index < -0.39 is 10.0 Å². The summed E-state index contributed by atoms with van der Waals surface area (Å²) in [6.07, 6.45) is 7.80. The van der Waals surface area contributed by atoms with Crippen molar-refractivity contribution in [3.63, 3.8) is 0 Å². The molecule has 1 aliphatic carbocycles. The fourth-order valence-corrected chi connectivity index (χ4v) is 5.59. The average molecular weight is 465 g/mol. The minimum atomic E-state index is -3.59. The predicted octanol–water partition coefficient (Wildman–Crippen LogP) is 3.00. The number of hydrogen-bond donors (Lipinski definition) is 3. The summed E-state index contributed by atoms with van der Waals surface area (Å²) in [4.78, 5) is 27.0. The van der Waals surface area contributed by atoms with Gasteiger partial charge in [0.05, 0.1) is 4.90 Å². The number of likely N-dealkylation sites (tertiary alicyclic amines) is 1. The van der Waals surface area contributed by atoms with Gasteiger partial charge in [-0.2, -0.15) is 0 Å². The summed E-state index contributed by atoms with van der Waals surface area (Å²) in [5.41, 5.74) is 0.467. The van der Waals surface area contributed by atoms with E-state index in [0.717, 1.165) is 12.8 Å². The normalized spacial score (nSPS) is 19.4. The molecule has 8 nitrogen and oxygen atoms in total. The molecule has 0 aromatic heterocycles. The number of benzene rings is 1. The lowest BCUT2D eigenvalue weighted by atomic mass is 9.96. The Bertz CT molecular complexity index is 874. The van der Waals surface area contributed by atoms with Crippen LogP contribution in [0, 0.1) is 0 Å². The molecule has 1 saturated heterocycles. The Kier molecular flexibility index (Phi) is 8.53.